The summed E-state index contributed by atoms with van der Waals surface area (Å²) in [4.78, 5) is 15.5. The number of rotatable bonds is 4. The maximum Gasteiger partial charge on any atom is 0.109 e. The van der Waals surface area contributed by atoms with Gasteiger partial charge in [0.1, 0.15) is 11.6 Å². The molecule has 1 aromatic carbocycles. The number of aromatic amines is 2. The summed E-state index contributed by atoms with van der Waals surface area (Å²) >= 11 is 0. The minimum atomic E-state index is 0.381. The molecule has 0 aliphatic rings. The van der Waals surface area contributed by atoms with Gasteiger partial charge < -0.3 is 9.97 Å². The van der Waals surface area contributed by atoms with Crippen LogP contribution >= 0.6 is 0 Å². The van der Waals surface area contributed by atoms with Gasteiger partial charge in [0, 0.05) is 24.2 Å². The number of fused-ring (bicyclic) bond motifs is 1. The molecule has 0 aliphatic heterocycles. The quantitative estimate of drug-likeness (QED) is 0.757. The molecule has 1 unspecified atom stereocenters. The Labute approximate surface area is 118 Å². The first-order chi connectivity index (χ1) is 9.63. The highest BCUT2D eigenvalue weighted by Crippen LogP contribution is 2.22. The van der Waals surface area contributed by atoms with Crippen molar-refractivity contribution in [3.8, 4) is 0 Å². The van der Waals surface area contributed by atoms with E-state index in [4.69, 9.17) is 0 Å². The number of hydrogen-bond acceptors (Lipinski definition) is 2. The normalized spacial score (nSPS) is 13.2. The molecule has 2 N–H and O–H groups in total. The van der Waals surface area contributed by atoms with Crippen LogP contribution in [0.5, 0.6) is 0 Å². The van der Waals surface area contributed by atoms with Crippen molar-refractivity contribution in [2.24, 2.45) is 0 Å². The molecule has 0 saturated carbocycles. The molecule has 2 heterocycles. The second-order valence-electron chi connectivity index (χ2n) is 5.71. The van der Waals surface area contributed by atoms with E-state index in [1.54, 1.807) is 6.20 Å². The van der Waals surface area contributed by atoms with Gasteiger partial charge in [-0.25, -0.2) is 9.97 Å². The molecule has 20 heavy (non-hydrogen) atoms. The molecule has 3 aromatic rings. The fraction of sp³-hybridized carbons (Fsp3) is 0.375. The summed E-state index contributed by atoms with van der Waals surface area (Å²) in [6.45, 7) is 6.49. The third kappa shape index (κ3) is 2.46. The van der Waals surface area contributed by atoms with Crippen LogP contribution in [0.3, 0.4) is 0 Å². The number of nitrogens with one attached hydrogen (secondary N) is 2. The van der Waals surface area contributed by atoms with Crippen LogP contribution in [0, 0.1) is 0 Å². The standard InChI is InChI=1S/C16H20N4/c1-10(2)15-19-13-5-4-12(9-14(13)20-15)8-11(3)16-17-6-7-18-16/h4-7,9-11H,8H2,1-3H3,(H,17,18)(H,19,20). The number of nitrogens with zero attached hydrogens (tertiary/aromatic N) is 2. The van der Waals surface area contributed by atoms with Crippen LogP contribution in [0.2, 0.25) is 0 Å². The van der Waals surface area contributed by atoms with Crippen molar-refractivity contribution in [1.82, 2.24) is 19.9 Å². The maximum atomic E-state index is 4.66. The van der Waals surface area contributed by atoms with Gasteiger partial charge in [-0.05, 0) is 24.1 Å². The summed E-state index contributed by atoms with van der Waals surface area (Å²) in [5, 5.41) is 0. The second kappa shape index (κ2) is 5.12. The third-order valence-corrected chi connectivity index (χ3v) is 3.64. The zero-order chi connectivity index (χ0) is 14.1. The second-order valence-corrected chi connectivity index (χ2v) is 5.71. The summed E-state index contributed by atoms with van der Waals surface area (Å²) in [5.41, 5.74) is 3.46. The smallest absolute Gasteiger partial charge is 0.109 e. The van der Waals surface area contributed by atoms with Crippen molar-refractivity contribution in [3.05, 3.63) is 47.8 Å². The molecular formula is C16H20N4. The van der Waals surface area contributed by atoms with Crippen molar-refractivity contribution in [1.29, 1.82) is 0 Å². The zero-order valence-electron chi connectivity index (χ0n) is 12.1. The van der Waals surface area contributed by atoms with Gasteiger partial charge in [0.2, 0.25) is 0 Å². The predicted octanol–water partition coefficient (Wildman–Crippen LogP) is 3.76. The summed E-state index contributed by atoms with van der Waals surface area (Å²) in [5.74, 6) is 2.89. The molecular weight excluding hydrogens is 248 g/mol. The van der Waals surface area contributed by atoms with Crippen LogP contribution in [0.25, 0.3) is 11.0 Å². The largest absolute Gasteiger partial charge is 0.348 e. The SMILES string of the molecule is CC(C)c1nc2cc(CC(C)c3ncc[nH]3)ccc2[nH]1. The number of imidazole rings is 2. The molecule has 0 spiro atoms. The van der Waals surface area contributed by atoms with Gasteiger partial charge in [0.15, 0.2) is 0 Å². The average Bonchev–Trinajstić information content (AvgIpc) is 3.07. The first kappa shape index (κ1) is 12.9. The lowest BCUT2D eigenvalue weighted by atomic mass is 10.0. The molecule has 0 bridgehead atoms. The molecule has 0 saturated heterocycles. The minimum absolute atomic E-state index is 0.381. The Kier molecular flexibility index (Phi) is 3.30. The van der Waals surface area contributed by atoms with E-state index in [1.807, 2.05) is 6.20 Å². The minimum Gasteiger partial charge on any atom is -0.348 e. The Morgan fingerprint density at radius 1 is 1.15 bits per heavy atom. The Morgan fingerprint density at radius 3 is 2.70 bits per heavy atom. The molecule has 2 aromatic heterocycles. The lowest BCUT2D eigenvalue weighted by Gasteiger charge is -2.08. The fourth-order valence-corrected chi connectivity index (χ4v) is 2.47. The van der Waals surface area contributed by atoms with Crippen LogP contribution in [-0.2, 0) is 6.42 Å². The van der Waals surface area contributed by atoms with E-state index in [-0.39, 0.29) is 0 Å². The molecule has 3 rings (SSSR count). The molecule has 0 radical (unpaired) electrons. The summed E-state index contributed by atoms with van der Waals surface area (Å²) in [6.07, 6.45) is 4.64. The highest BCUT2D eigenvalue weighted by atomic mass is 14.9. The van der Waals surface area contributed by atoms with Crippen molar-refractivity contribution >= 4 is 11.0 Å². The van der Waals surface area contributed by atoms with Gasteiger partial charge in [-0.1, -0.05) is 26.8 Å². The Balaban J connectivity index is 1.85. The van der Waals surface area contributed by atoms with E-state index in [0.717, 1.165) is 29.1 Å². The summed E-state index contributed by atoms with van der Waals surface area (Å²) < 4.78 is 0. The van der Waals surface area contributed by atoms with Gasteiger partial charge in [0.05, 0.1) is 11.0 Å². The van der Waals surface area contributed by atoms with Crippen LogP contribution in [-0.4, -0.2) is 19.9 Å². The van der Waals surface area contributed by atoms with Crippen LogP contribution in [0.4, 0.5) is 0 Å². The fourth-order valence-electron chi connectivity index (χ4n) is 2.47. The number of H-pyrrole nitrogens is 2. The van der Waals surface area contributed by atoms with E-state index in [0.29, 0.717) is 11.8 Å². The Hall–Kier alpha value is -2.10. The van der Waals surface area contributed by atoms with E-state index in [9.17, 15) is 0 Å². The summed E-state index contributed by atoms with van der Waals surface area (Å²) in [7, 11) is 0. The van der Waals surface area contributed by atoms with Gasteiger partial charge in [-0.15, -0.1) is 0 Å². The highest BCUT2D eigenvalue weighted by molar-refractivity contribution is 5.76. The molecule has 1 atom stereocenters. The first-order valence-corrected chi connectivity index (χ1v) is 7.11. The summed E-state index contributed by atoms with van der Waals surface area (Å²) in [6, 6.07) is 6.47. The van der Waals surface area contributed by atoms with Crippen molar-refractivity contribution < 1.29 is 0 Å². The molecule has 0 amide bonds. The lowest BCUT2D eigenvalue weighted by molar-refractivity contribution is 0.711. The third-order valence-electron chi connectivity index (χ3n) is 3.64. The molecule has 4 heteroatoms. The molecule has 0 aliphatic carbocycles. The van der Waals surface area contributed by atoms with E-state index < -0.39 is 0 Å². The molecule has 104 valence electrons. The van der Waals surface area contributed by atoms with Gasteiger partial charge in [0.25, 0.3) is 0 Å². The Bertz CT molecular complexity index is 694. The molecule has 4 nitrogen and oxygen atoms in total. The predicted molar refractivity (Wildman–Crippen MR) is 80.9 cm³/mol. The average molecular weight is 268 g/mol. The van der Waals surface area contributed by atoms with Crippen LogP contribution < -0.4 is 0 Å². The van der Waals surface area contributed by atoms with Crippen molar-refractivity contribution in [3.63, 3.8) is 0 Å². The zero-order valence-corrected chi connectivity index (χ0v) is 12.1. The van der Waals surface area contributed by atoms with Crippen LogP contribution in [0.1, 0.15) is 49.8 Å². The van der Waals surface area contributed by atoms with Gasteiger partial charge in [-0.2, -0.15) is 0 Å². The lowest BCUT2D eigenvalue weighted by Crippen LogP contribution is -2.00. The topological polar surface area (TPSA) is 57.4 Å². The van der Waals surface area contributed by atoms with Crippen molar-refractivity contribution in [2.75, 3.05) is 0 Å². The first-order valence-electron chi connectivity index (χ1n) is 7.11. The monoisotopic (exact) mass is 268 g/mol. The Morgan fingerprint density at radius 2 is 2.00 bits per heavy atom. The number of hydrogen-bond donors (Lipinski definition) is 2. The van der Waals surface area contributed by atoms with Gasteiger partial charge >= 0.3 is 0 Å². The number of aromatic nitrogens is 4. The number of benzene rings is 1. The van der Waals surface area contributed by atoms with Crippen molar-refractivity contribution in [2.45, 2.75) is 39.0 Å². The maximum absolute atomic E-state index is 4.66. The molecule has 0 fully saturated rings. The van der Waals surface area contributed by atoms with E-state index >= 15 is 0 Å². The van der Waals surface area contributed by atoms with Crippen LogP contribution in [0.15, 0.2) is 30.6 Å². The highest BCUT2D eigenvalue weighted by Gasteiger charge is 2.11. The van der Waals surface area contributed by atoms with E-state index in [2.05, 4.69) is 58.9 Å². The van der Waals surface area contributed by atoms with E-state index in [1.165, 1.54) is 5.56 Å². The van der Waals surface area contributed by atoms with Gasteiger partial charge in [-0.3, -0.25) is 0 Å².